The highest BCUT2D eigenvalue weighted by Crippen LogP contribution is 2.31. The Morgan fingerprint density at radius 2 is 1.79 bits per heavy atom. The van der Waals surface area contributed by atoms with Crippen LogP contribution in [0.15, 0.2) is 48.5 Å². The van der Waals surface area contributed by atoms with E-state index in [0.717, 1.165) is 79.2 Å². The smallest absolute Gasteiger partial charge is 0.157 e. The van der Waals surface area contributed by atoms with E-state index in [1.54, 1.807) is 0 Å². The van der Waals surface area contributed by atoms with Crippen LogP contribution in [-0.2, 0) is 13.0 Å². The van der Waals surface area contributed by atoms with Crippen molar-refractivity contribution < 1.29 is 0 Å². The Morgan fingerprint density at radius 1 is 1.00 bits per heavy atom. The summed E-state index contributed by atoms with van der Waals surface area (Å²) in [5, 5.41) is 11.3. The predicted molar refractivity (Wildman–Crippen MR) is 135 cm³/mol. The van der Waals surface area contributed by atoms with Gasteiger partial charge in [-0.25, -0.2) is 4.98 Å². The van der Waals surface area contributed by atoms with Crippen molar-refractivity contribution in [3.63, 3.8) is 0 Å². The predicted octanol–water partition coefficient (Wildman–Crippen LogP) is 5.94. The lowest BCUT2D eigenvalue weighted by molar-refractivity contribution is 0.249. The van der Waals surface area contributed by atoms with Crippen LogP contribution in [0.3, 0.4) is 0 Å². The van der Waals surface area contributed by atoms with Gasteiger partial charge in [-0.3, -0.25) is 9.30 Å². The number of nitriles is 1. The van der Waals surface area contributed by atoms with E-state index in [1.165, 1.54) is 0 Å². The Balaban J connectivity index is 1.48. The first-order chi connectivity index (χ1) is 16.1. The van der Waals surface area contributed by atoms with Crippen LogP contribution < -0.4 is 4.90 Å². The van der Waals surface area contributed by atoms with Crippen molar-refractivity contribution >= 4 is 45.7 Å². The van der Waals surface area contributed by atoms with E-state index in [1.807, 2.05) is 36.4 Å². The van der Waals surface area contributed by atoms with Crippen LogP contribution >= 0.6 is 23.2 Å². The van der Waals surface area contributed by atoms with Crippen molar-refractivity contribution in [1.29, 1.82) is 5.26 Å². The molecule has 168 valence electrons. The quantitative estimate of drug-likeness (QED) is 0.356. The molecule has 0 saturated carbocycles. The van der Waals surface area contributed by atoms with Gasteiger partial charge in [0.2, 0.25) is 0 Å². The molecule has 0 aliphatic carbocycles. The van der Waals surface area contributed by atoms with Crippen molar-refractivity contribution in [2.75, 3.05) is 31.1 Å². The first kappa shape index (κ1) is 22.0. The van der Waals surface area contributed by atoms with Crippen molar-refractivity contribution in [3.05, 3.63) is 75.3 Å². The number of hydrogen-bond donors (Lipinski definition) is 0. The number of piperazine rings is 1. The molecule has 0 bridgehead atoms. The minimum atomic E-state index is 0.661. The Labute approximate surface area is 203 Å². The Morgan fingerprint density at radius 3 is 2.52 bits per heavy atom. The number of aromatic nitrogens is 2. The number of imidazole rings is 1. The molecular formula is C26H25Cl2N5. The average molecular weight is 478 g/mol. The Bertz CT molecular complexity index is 1360. The first-order valence-corrected chi connectivity index (χ1v) is 12.1. The van der Waals surface area contributed by atoms with E-state index in [2.05, 4.69) is 39.3 Å². The molecule has 33 heavy (non-hydrogen) atoms. The van der Waals surface area contributed by atoms with Crippen LogP contribution in [0.25, 0.3) is 16.7 Å². The monoisotopic (exact) mass is 477 g/mol. The van der Waals surface area contributed by atoms with Crippen LogP contribution in [-0.4, -0.2) is 40.5 Å². The molecule has 5 nitrogen and oxygen atoms in total. The van der Waals surface area contributed by atoms with Gasteiger partial charge in [0.1, 0.15) is 11.9 Å². The summed E-state index contributed by atoms with van der Waals surface area (Å²) in [5.74, 6) is 1.12. The second-order valence-electron chi connectivity index (χ2n) is 8.52. The lowest BCUT2D eigenvalue weighted by Gasteiger charge is -2.36. The molecule has 1 saturated heterocycles. The number of anilines is 1. The lowest BCUT2D eigenvalue weighted by Crippen LogP contribution is -2.46. The fourth-order valence-corrected chi connectivity index (χ4v) is 5.18. The van der Waals surface area contributed by atoms with Gasteiger partial charge in [-0.1, -0.05) is 54.7 Å². The third-order valence-electron chi connectivity index (χ3n) is 6.37. The van der Waals surface area contributed by atoms with Crippen LogP contribution in [0.2, 0.25) is 10.0 Å². The largest absolute Gasteiger partial charge is 0.355 e. The van der Waals surface area contributed by atoms with E-state index in [4.69, 9.17) is 28.2 Å². The molecule has 3 heterocycles. The first-order valence-electron chi connectivity index (χ1n) is 11.3. The van der Waals surface area contributed by atoms with Gasteiger partial charge in [-0.2, -0.15) is 5.26 Å². The number of rotatable bonds is 5. The minimum Gasteiger partial charge on any atom is -0.355 e. The van der Waals surface area contributed by atoms with E-state index in [9.17, 15) is 5.26 Å². The summed E-state index contributed by atoms with van der Waals surface area (Å²) in [5.41, 5.74) is 5.58. The third kappa shape index (κ3) is 4.15. The summed E-state index contributed by atoms with van der Waals surface area (Å²) < 4.78 is 2.17. The maximum Gasteiger partial charge on any atom is 0.157 e. The lowest BCUT2D eigenvalue weighted by atomic mass is 10.0. The highest BCUT2D eigenvalue weighted by Gasteiger charge is 2.23. The fraction of sp³-hybridized carbons (Fsp3) is 0.308. The average Bonchev–Trinajstić information content (AvgIpc) is 3.20. The normalized spacial score (nSPS) is 14.8. The number of para-hydroxylation sites is 2. The molecule has 0 unspecified atom stereocenters. The Hall–Kier alpha value is -2.78. The van der Waals surface area contributed by atoms with E-state index in [0.29, 0.717) is 15.6 Å². The van der Waals surface area contributed by atoms with Crippen molar-refractivity contribution in [1.82, 2.24) is 14.3 Å². The van der Waals surface area contributed by atoms with E-state index < -0.39 is 0 Å². The Kier molecular flexibility index (Phi) is 6.16. The highest BCUT2D eigenvalue weighted by atomic mass is 35.5. The standard InChI is InChI=1S/C26H25Cl2N5/c1-2-5-18-14-25(33-24-7-4-3-6-23(24)30-26(33)21(18)16-29)32-12-10-31(11-13-32)17-19-8-9-20(27)15-22(19)28/h3-4,6-9,14-15H,2,5,10-13,17H2,1H3. The molecule has 0 amide bonds. The molecule has 0 N–H and O–H groups in total. The topological polar surface area (TPSA) is 47.6 Å². The number of hydrogen-bond acceptors (Lipinski definition) is 4. The summed E-state index contributed by atoms with van der Waals surface area (Å²) >= 11 is 12.5. The fourth-order valence-electron chi connectivity index (χ4n) is 4.71. The number of pyridine rings is 1. The van der Waals surface area contributed by atoms with Gasteiger partial charge in [0, 0.05) is 42.8 Å². The molecule has 2 aromatic carbocycles. The van der Waals surface area contributed by atoms with Crippen LogP contribution in [0, 0.1) is 11.3 Å². The summed E-state index contributed by atoms with van der Waals surface area (Å²) in [7, 11) is 0. The van der Waals surface area contributed by atoms with Crippen molar-refractivity contribution in [2.45, 2.75) is 26.3 Å². The number of halogens is 2. The van der Waals surface area contributed by atoms with Gasteiger partial charge < -0.3 is 4.90 Å². The minimum absolute atomic E-state index is 0.661. The van der Waals surface area contributed by atoms with E-state index in [-0.39, 0.29) is 0 Å². The SMILES string of the molecule is CCCc1cc(N2CCN(Cc3ccc(Cl)cc3Cl)CC2)n2c(nc3ccccc32)c1C#N. The molecule has 7 heteroatoms. The van der Waals surface area contributed by atoms with Crippen LogP contribution in [0.1, 0.15) is 30.0 Å². The maximum absolute atomic E-state index is 9.94. The van der Waals surface area contributed by atoms with Crippen LogP contribution in [0.5, 0.6) is 0 Å². The molecule has 5 rings (SSSR count). The number of nitrogens with zero attached hydrogens (tertiary/aromatic N) is 5. The summed E-state index contributed by atoms with van der Waals surface area (Å²) in [6, 6.07) is 18.5. The molecule has 0 spiro atoms. The van der Waals surface area contributed by atoms with Gasteiger partial charge in [0.15, 0.2) is 5.65 Å². The van der Waals surface area contributed by atoms with Gasteiger partial charge in [0.25, 0.3) is 0 Å². The summed E-state index contributed by atoms with van der Waals surface area (Å²) in [4.78, 5) is 9.69. The number of aryl methyl sites for hydroxylation is 1. The molecule has 2 aromatic heterocycles. The van der Waals surface area contributed by atoms with Gasteiger partial charge in [-0.05, 0) is 47.9 Å². The highest BCUT2D eigenvalue weighted by molar-refractivity contribution is 6.35. The zero-order valence-electron chi connectivity index (χ0n) is 18.6. The molecule has 1 fully saturated rings. The molecule has 0 atom stereocenters. The zero-order chi connectivity index (χ0) is 22.9. The van der Waals surface area contributed by atoms with E-state index >= 15 is 0 Å². The summed E-state index contributed by atoms with van der Waals surface area (Å²) in [6.45, 7) is 6.59. The second kappa shape index (κ2) is 9.23. The molecule has 4 aromatic rings. The number of benzene rings is 2. The van der Waals surface area contributed by atoms with Crippen molar-refractivity contribution in [2.24, 2.45) is 0 Å². The molecule has 1 aliphatic heterocycles. The third-order valence-corrected chi connectivity index (χ3v) is 6.96. The second-order valence-corrected chi connectivity index (χ2v) is 9.37. The van der Waals surface area contributed by atoms with Gasteiger partial charge >= 0.3 is 0 Å². The molecule has 0 radical (unpaired) electrons. The number of fused-ring (bicyclic) bond motifs is 3. The van der Waals surface area contributed by atoms with Crippen LogP contribution in [0.4, 0.5) is 5.82 Å². The molecular weight excluding hydrogens is 453 g/mol. The van der Waals surface area contributed by atoms with Crippen molar-refractivity contribution in [3.8, 4) is 6.07 Å². The van der Waals surface area contributed by atoms with Gasteiger partial charge in [0.05, 0.1) is 16.6 Å². The van der Waals surface area contributed by atoms with Gasteiger partial charge in [-0.15, -0.1) is 0 Å². The molecule has 1 aliphatic rings. The maximum atomic E-state index is 9.94. The zero-order valence-corrected chi connectivity index (χ0v) is 20.1. The summed E-state index contributed by atoms with van der Waals surface area (Å²) in [6.07, 6.45) is 1.85.